The molecule has 0 saturated carbocycles. The van der Waals surface area contributed by atoms with E-state index in [1.165, 1.54) is 257 Å². The van der Waals surface area contributed by atoms with E-state index in [-0.39, 0.29) is 18.5 Å². The number of aliphatic hydroxyl groups excluding tert-OH is 2. The summed E-state index contributed by atoms with van der Waals surface area (Å²) in [6.45, 7) is 4.91. The van der Waals surface area contributed by atoms with Crippen LogP contribution in [0.4, 0.5) is 0 Å². The fourth-order valence-corrected chi connectivity index (χ4v) is 9.34. The number of unbranched alkanes of at least 4 members (excludes halogenated alkanes) is 43. The van der Waals surface area contributed by atoms with E-state index in [2.05, 4.69) is 31.3 Å². The molecule has 2 unspecified atom stereocenters. The highest BCUT2D eigenvalue weighted by Gasteiger charge is 2.18. The zero-order valence-corrected chi connectivity index (χ0v) is 45.1. The monoisotopic (exact) mass is 944 g/mol. The number of rotatable bonds is 56. The number of carbonyl (C=O) groups excluding carboxylic acids is 2. The van der Waals surface area contributed by atoms with Gasteiger partial charge in [-0.1, -0.05) is 282 Å². The van der Waals surface area contributed by atoms with Crippen LogP contribution >= 0.6 is 0 Å². The number of ether oxygens (including phenoxy) is 1. The molecular weight excluding hydrogens is 827 g/mol. The highest BCUT2D eigenvalue weighted by molar-refractivity contribution is 5.76. The summed E-state index contributed by atoms with van der Waals surface area (Å²) in [6.07, 6.45) is 69.2. The molecule has 6 heteroatoms. The molecule has 0 aromatic carbocycles. The van der Waals surface area contributed by atoms with Crippen molar-refractivity contribution < 1.29 is 24.5 Å². The van der Waals surface area contributed by atoms with Crippen LogP contribution in [0.5, 0.6) is 0 Å². The molecule has 0 aromatic rings. The Kier molecular flexibility index (Phi) is 55.5. The van der Waals surface area contributed by atoms with Crippen molar-refractivity contribution in [2.24, 2.45) is 0 Å². The maximum absolute atomic E-state index is 12.5. The molecule has 67 heavy (non-hydrogen) atoms. The van der Waals surface area contributed by atoms with Gasteiger partial charge in [-0.25, -0.2) is 0 Å². The largest absolute Gasteiger partial charge is 0.466 e. The van der Waals surface area contributed by atoms with Gasteiger partial charge in [-0.2, -0.15) is 0 Å². The van der Waals surface area contributed by atoms with Gasteiger partial charge in [-0.05, 0) is 57.8 Å². The predicted octanol–water partition coefficient (Wildman–Crippen LogP) is 18.6. The third-order valence-corrected chi connectivity index (χ3v) is 14.0. The van der Waals surface area contributed by atoms with E-state index in [9.17, 15) is 19.8 Å². The van der Waals surface area contributed by atoms with Crippen LogP contribution in [0, 0.1) is 0 Å². The molecule has 6 nitrogen and oxygen atoms in total. The number of esters is 1. The van der Waals surface area contributed by atoms with Gasteiger partial charge in [0.05, 0.1) is 25.4 Å². The average Bonchev–Trinajstić information content (AvgIpc) is 3.33. The summed E-state index contributed by atoms with van der Waals surface area (Å²) in [6, 6.07) is -0.632. The number of aliphatic hydroxyl groups is 2. The SMILES string of the molecule is CCCCCCCCCCCCCCCC/C=C/C(O)C(CO)NC(=O)CCCCCCCCC/C=C\CCCCCCCCCCCCCOC(=O)CCCCCCCCCCCCCC. The summed E-state index contributed by atoms with van der Waals surface area (Å²) in [5.74, 6) is -0.0630. The molecule has 0 rings (SSSR count). The number of amides is 1. The maximum Gasteiger partial charge on any atom is 0.305 e. The van der Waals surface area contributed by atoms with Crippen LogP contribution in [0.2, 0.25) is 0 Å². The Morgan fingerprint density at radius 2 is 0.701 bits per heavy atom. The van der Waals surface area contributed by atoms with E-state index < -0.39 is 12.1 Å². The topological polar surface area (TPSA) is 95.9 Å². The van der Waals surface area contributed by atoms with Gasteiger partial charge in [-0.15, -0.1) is 0 Å². The van der Waals surface area contributed by atoms with Crippen LogP contribution in [0.3, 0.4) is 0 Å². The van der Waals surface area contributed by atoms with E-state index in [1.807, 2.05) is 6.08 Å². The van der Waals surface area contributed by atoms with E-state index in [0.29, 0.717) is 19.4 Å². The van der Waals surface area contributed by atoms with Crippen LogP contribution in [0.25, 0.3) is 0 Å². The van der Waals surface area contributed by atoms with Gasteiger partial charge in [0.2, 0.25) is 5.91 Å². The lowest BCUT2D eigenvalue weighted by molar-refractivity contribution is -0.143. The third kappa shape index (κ3) is 53.5. The van der Waals surface area contributed by atoms with Gasteiger partial charge in [0.25, 0.3) is 0 Å². The first-order valence-corrected chi connectivity index (χ1v) is 30.1. The van der Waals surface area contributed by atoms with E-state index >= 15 is 0 Å². The highest BCUT2D eigenvalue weighted by atomic mass is 16.5. The molecule has 0 aromatic heterocycles. The quantitative estimate of drug-likeness (QED) is 0.0321. The standard InChI is InChI=1S/C61H117NO5/c1-3-5-7-9-11-13-15-17-18-27-30-33-37-41-45-49-53-59(64)58(57-63)62-60(65)54-50-46-42-38-34-31-28-25-23-21-19-20-22-24-26-29-32-36-40-44-48-52-56-67-61(66)55-51-47-43-39-35-16-14-12-10-8-6-4-2/h21,23,49,53,58-59,63-64H,3-20,22,24-48,50-52,54-57H2,1-2H3,(H,62,65)/b23-21-,53-49+. The number of hydrogen-bond acceptors (Lipinski definition) is 5. The van der Waals surface area contributed by atoms with Crippen LogP contribution in [0.1, 0.15) is 328 Å². The predicted molar refractivity (Wildman–Crippen MR) is 292 cm³/mol. The third-order valence-electron chi connectivity index (χ3n) is 14.0. The molecule has 0 fully saturated rings. The minimum absolute atomic E-state index is 0.0102. The summed E-state index contributed by atoms with van der Waals surface area (Å²) in [7, 11) is 0. The number of nitrogens with one attached hydrogen (secondary N) is 1. The number of hydrogen-bond donors (Lipinski definition) is 3. The number of carbonyl (C=O) groups is 2. The molecule has 2 atom stereocenters. The lowest BCUT2D eigenvalue weighted by Gasteiger charge is -2.20. The molecule has 0 spiro atoms. The second-order valence-corrected chi connectivity index (χ2v) is 20.7. The van der Waals surface area contributed by atoms with Gasteiger partial charge in [0.15, 0.2) is 0 Å². The Balaban J connectivity index is 3.44. The molecule has 0 bridgehead atoms. The van der Waals surface area contributed by atoms with Crippen LogP contribution in [-0.2, 0) is 14.3 Å². The molecule has 396 valence electrons. The van der Waals surface area contributed by atoms with Gasteiger partial charge in [0, 0.05) is 12.8 Å². The molecule has 0 aliphatic carbocycles. The first-order chi connectivity index (χ1) is 33.0. The fourth-order valence-electron chi connectivity index (χ4n) is 9.34. The van der Waals surface area contributed by atoms with Crippen molar-refractivity contribution >= 4 is 11.9 Å². The Bertz CT molecular complexity index is 1040. The summed E-state index contributed by atoms with van der Waals surface area (Å²) in [5.41, 5.74) is 0. The Morgan fingerprint density at radius 3 is 1.06 bits per heavy atom. The second kappa shape index (κ2) is 56.9. The molecule has 0 heterocycles. The molecule has 3 N–H and O–H groups in total. The molecule has 0 saturated heterocycles. The molecule has 0 radical (unpaired) electrons. The van der Waals surface area contributed by atoms with Crippen molar-refractivity contribution in [1.29, 1.82) is 0 Å². The van der Waals surface area contributed by atoms with Crippen LogP contribution < -0.4 is 5.32 Å². The number of allylic oxidation sites excluding steroid dienone is 3. The average molecular weight is 945 g/mol. The van der Waals surface area contributed by atoms with Crippen molar-refractivity contribution in [3.8, 4) is 0 Å². The Labute approximate surface area is 418 Å². The van der Waals surface area contributed by atoms with Crippen LogP contribution in [0.15, 0.2) is 24.3 Å². The van der Waals surface area contributed by atoms with Gasteiger partial charge in [-0.3, -0.25) is 9.59 Å². The summed E-state index contributed by atoms with van der Waals surface area (Å²) >= 11 is 0. The normalized spacial score (nSPS) is 12.7. The van der Waals surface area contributed by atoms with E-state index in [0.717, 1.165) is 44.9 Å². The Morgan fingerprint density at radius 1 is 0.403 bits per heavy atom. The highest BCUT2D eigenvalue weighted by Crippen LogP contribution is 2.17. The van der Waals surface area contributed by atoms with Crippen molar-refractivity contribution in [2.45, 2.75) is 341 Å². The first kappa shape index (κ1) is 65.3. The molecule has 0 aliphatic rings. The molecule has 1 amide bonds. The molecular formula is C61H117NO5. The smallest absolute Gasteiger partial charge is 0.305 e. The van der Waals surface area contributed by atoms with Gasteiger partial charge in [0.1, 0.15) is 0 Å². The minimum Gasteiger partial charge on any atom is -0.466 e. The maximum atomic E-state index is 12.5. The lowest BCUT2D eigenvalue weighted by atomic mass is 10.0. The fraction of sp³-hybridized carbons (Fsp3) is 0.902. The van der Waals surface area contributed by atoms with E-state index in [4.69, 9.17) is 4.74 Å². The second-order valence-electron chi connectivity index (χ2n) is 20.7. The van der Waals surface area contributed by atoms with Crippen LogP contribution in [-0.4, -0.2) is 47.4 Å². The minimum atomic E-state index is -0.848. The van der Waals surface area contributed by atoms with Crippen molar-refractivity contribution in [2.75, 3.05) is 13.2 Å². The summed E-state index contributed by atoms with van der Waals surface area (Å²) < 4.78 is 5.47. The Hall–Kier alpha value is -1.66. The van der Waals surface area contributed by atoms with Gasteiger partial charge < -0.3 is 20.3 Å². The summed E-state index contributed by atoms with van der Waals surface area (Å²) in [5, 5.41) is 23.1. The zero-order valence-electron chi connectivity index (χ0n) is 45.1. The van der Waals surface area contributed by atoms with Gasteiger partial charge >= 0.3 is 5.97 Å². The zero-order chi connectivity index (χ0) is 48.6. The first-order valence-electron chi connectivity index (χ1n) is 30.1. The van der Waals surface area contributed by atoms with Crippen molar-refractivity contribution in [3.05, 3.63) is 24.3 Å². The van der Waals surface area contributed by atoms with E-state index in [1.54, 1.807) is 6.08 Å². The summed E-state index contributed by atoms with van der Waals surface area (Å²) in [4.78, 5) is 24.5. The molecule has 0 aliphatic heterocycles. The van der Waals surface area contributed by atoms with Crippen molar-refractivity contribution in [1.82, 2.24) is 5.32 Å². The van der Waals surface area contributed by atoms with Crippen molar-refractivity contribution in [3.63, 3.8) is 0 Å². The lowest BCUT2D eigenvalue weighted by Crippen LogP contribution is -2.45.